The van der Waals surface area contributed by atoms with Crippen LogP contribution < -0.4 is 5.32 Å². The molecule has 0 radical (unpaired) electrons. The Morgan fingerprint density at radius 3 is 2.80 bits per heavy atom. The Kier molecular flexibility index (Phi) is 4.04. The summed E-state index contributed by atoms with van der Waals surface area (Å²) in [5, 5.41) is 2.69. The van der Waals surface area contributed by atoms with Crippen LogP contribution in [0, 0.1) is 0 Å². The minimum Gasteiger partial charge on any atom is -0.325 e. The number of imidazole rings is 1. The van der Waals surface area contributed by atoms with Gasteiger partial charge in [0.1, 0.15) is 0 Å². The van der Waals surface area contributed by atoms with E-state index in [0.29, 0.717) is 12.5 Å². The molecular weight excluding hydrogens is 291 g/mol. The van der Waals surface area contributed by atoms with E-state index in [2.05, 4.69) is 16.9 Å². The number of hydrogen-bond donors (Lipinski definition) is 1. The van der Waals surface area contributed by atoms with Gasteiger partial charge in [-0.2, -0.15) is 13.2 Å². The Morgan fingerprint density at radius 2 is 2.15 bits per heavy atom. The molecule has 7 heteroatoms. The molecular formula is C13H11ClF3N3. The SMILES string of the molecule is C=CCn1ccnc1Nc1ccc(Cl)cc1C(F)(F)F. The molecule has 0 atom stereocenters. The van der Waals surface area contributed by atoms with Crippen LogP contribution >= 0.6 is 11.6 Å². The van der Waals surface area contributed by atoms with Gasteiger partial charge in [0.15, 0.2) is 0 Å². The van der Waals surface area contributed by atoms with Crippen LogP contribution in [0.3, 0.4) is 0 Å². The quantitative estimate of drug-likeness (QED) is 0.844. The third-order valence-electron chi connectivity index (χ3n) is 2.57. The van der Waals surface area contributed by atoms with Crippen molar-refractivity contribution < 1.29 is 13.2 Å². The third-order valence-corrected chi connectivity index (χ3v) is 2.81. The molecule has 0 bridgehead atoms. The third kappa shape index (κ3) is 3.14. The maximum Gasteiger partial charge on any atom is 0.418 e. The van der Waals surface area contributed by atoms with E-state index in [1.165, 1.54) is 18.3 Å². The molecule has 1 N–H and O–H groups in total. The van der Waals surface area contributed by atoms with E-state index in [0.717, 1.165) is 6.07 Å². The van der Waals surface area contributed by atoms with Crippen LogP contribution in [0.15, 0.2) is 43.2 Å². The van der Waals surface area contributed by atoms with Crippen molar-refractivity contribution in [1.82, 2.24) is 9.55 Å². The lowest BCUT2D eigenvalue weighted by molar-refractivity contribution is -0.136. The minimum absolute atomic E-state index is 0.0253. The van der Waals surface area contributed by atoms with Gasteiger partial charge in [0.25, 0.3) is 0 Å². The number of hydrogen-bond acceptors (Lipinski definition) is 2. The molecule has 1 aromatic carbocycles. The van der Waals surface area contributed by atoms with E-state index in [1.807, 2.05) is 0 Å². The van der Waals surface area contributed by atoms with E-state index in [4.69, 9.17) is 11.6 Å². The summed E-state index contributed by atoms with van der Waals surface area (Å²) in [5.74, 6) is 0.303. The Bertz CT molecular complexity index is 620. The summed E-state index contributed by atoms with van der Waals surface area (Å²) >= 11 is 5.62. The second kappa shape index (κ2) is 5.58. The van der Waals surface area contributed by atoms with Crippen LogP contribution in [-0.2, 0) is 12.7 Å². The van der Waals surface area contributed by atoms with E-state index >= 15 is 0 Å². The Hall–Kier alpha value is -1.95. The van der Waals surface area contributed by atoms with Gasteiger partial charge in [-0.1, -0.05) is 17.7 Å². The number of anilines is 2. The molecule has 20 heavy (non-hydrogen) atoms. The number of halogens is 4. The first kappa shape index (κ1) is 14.5. The molecule has 0 saturated carbocycles. The van der Waals surface area contributed by atoms with Crippen molar-refractivity contribution in [1.29, 1.82) is 0 Å². The van der Waals surface area contributed by atoms with Gasteiger partial charge in [-0.25, -0.2) is 4.98 Å². The highest BCUT2D eigenvalue weighted by Crippen LogP contribution is 2.37. The zero-order chi connectivity index (χ0) is 14.8. The lowest BCUT2D eigenvalue weighted by Gasteiger charge is -2.15. The average molecular weight is 302 g/mol. The maximum atomic E-state index is 13.0. The second-order valence-electron chi connectivity index (χ2n) is 4.00. The van der Waals surface area contributed by atoms with Gasteiger partial charge in [-0.15, -0.1) is 6.58 Å². The molecule has 0 spiro atoms. The number of aromatic nitrogens is 2. The average Bonchev–Trinajstić information content (AvgIpc) is 2.78. The van der Waals surface area contributed by atoms with E-state index in [-0.39, 0.29) is 10.7 Å². The molecule has 0 aliphatic carbocycles. The minimum atomic E-state index is -4.50. The highest BCUT2D eigenvalue weighted by atomic mass is 35.5. The summed E-state index contributed by atoms with van der Waals surface area (Å²) in [6.07, 6.45) is 0.269. The predicted octanol–water partition coefficient (Wildman–Crippen LogP) is 4.48. The van der Waals surface area contributed by atoms with Gasteiger partial charge in [0, 0.05) is 24.0 Å². The largest absolute Gasteiger partial charge is 0.418 e. The molecule has 0 amide bonds. The number of allylic oxidation sites excluding steroid dienone is 1. The van der Waals surface area contributed by atoms with Crippen molar-refractivity contribution in [3.8, 4) is 0 Å². The predicted molar refractivity (Wildman–Crippen MR) is 72.2 cm³/mol. The summed E-state index contributed by atoms with van der Waals surface area (Å²) < 4.78 is 40.5. The van der Waals surface area contributed by atoms with Crippen LogP contribution in [-0.4, -0.2) is 9.55 Å². The van der Waals surface area contributed by atoms with Crippen molar-refractivity contribution in [2.75, 3.05) is 5.32 Å². The van der Waals surface area contributed by atoms with Crippen molar-refractivity contribution in [2.45, 2.75) is 12.7 Å². The lowest BCUT2D eigenvalue weighted by atomic mass is 10.1. The van der Waals surface area contributed by atoms with E-state index in [9.17, 15) is 13.2 Å². The number of nitrogens with zero attached hydrogens (tertiary/aromatic N) is 2. The number of alkyl halides is 3. The zero-order valence-electron chi connectivity index (χ0n) is 10.3. The highest BCUT2D eigenvalue weighted by molar-refractivity contribution is 6.30. The molecule has 0 saturated heterocycles. The summed E-state index contributed by atoms with van der Waals surface area (Å²) in [6.45, 7) is 4.02. The highest BCUT2D eigenvalue weighted by Gasteiger charge is 2.34. The molecule has 0 fully saturated rings. The van der Waals surface area contributed by atoms with Crippen molar-refractivity contribution >= 4 is 23.2 Å². The first-order valence-electron chi connectivity index (χ1n) is 5.67. The number of nitrogens with one attached hydrogen (secondary N) is 1. The van der Waals surface area contributed by atoms with Crippen molar-refractivity contribution in [2.24, 2.45) is 0 Å². The van der Waals surface area contributed by atoms with E-state index in [1.54, 1.807) is 16.8 Å². The fourth-order valence-corrected chi connectivity index (χ4v) is 1.87. The molecule has 0 aliphatic rings. The van der Waals surface area contributed by atoms with E-state index < -0.39 is 11.7 Å². The molecule has 2 rings (SSSR count). The molecule has 3 nitrogen and oxygen atoms in total. The van der Waals surface area contributed by atoms with Gasteiger partial charge in [-0.3, -0.25) is 0 Å². The van der Waals surface area contributed by atoms with Gasteiger partial charge in [0.05, 0.1) is 11.3 Å². The summed E-state index contributed by atoms with van der Waals surface area (Å²) in [4.78, 5) is 3.98. The first-order valence-corrected chi connectivity index (χ1v) is 6.05. The number of benzene rings is 1. The van der Waals surface area contributed by atoms with Gasteiger partial charge >= 0.3 is 6.18 Å². The smallest absolute Gasteiger partial charge is 0.325 e. The van der Waals surface area contributed by atoms with Gasteiger partial charge < -0.3 is 9.88 Å². The van der Waals surface area contributed by atoms with Crippen LogP contribution in [0.5, 0.6) is 0 Å². The summed E-state index contributed by atoms with van der Waals surface area (Å²) in [6, 6.07) is 3.54. The monoisotopic (exact) mass is 301 g/mol. The van der Waals surface area contributed by atoms with Crippen LogP contribution in [0.25, 0.3) is 0 Å². The standard InChI is InChI=1S/C13H11ClF3N3/c1-2-6-20-7-5-18-12(20)19-11-4-3-9(14)8-10(11)13(15,16)17/h2-5,7-8H,1,6H2,(H,18,19). The molecule has 1 aromatic heterocycles. The lowest BCUT2D eigenvalue weighted by Crippen LogP contribution is -2.10. The fourth-order valence-electron chi connectivity index (χ4n) is 1.70. The van der Waals surface area contributed by atoms with Gasteiger partial charge in [-0.05, 0) is 18.2 Å². The topological polar surface area (TPSA) is 29.9 Å². The molecule has 1 heterocycles. The number of rotatable bonds is 4. The van der Waals surface area contributed by atoms with Crippen LogP contribution in [0.1, 0.15) is 5.56 Å². The van der Waals surface area contributed by atoms with Crippen LogP contribution in [0.4, 0.5) is 24.8 Å². The molecule has 0 aliphatic heterocycles. The summed E-state index contributed by atoms with van der Waals surface area (Å²) in [7, 11) is 0. The maximum absolute atomic E-state index is 13.0. The van der Waals surface area contributed by atoms with Crippen LogP contribution in [0.2, 0.25) is 5.02 Å². The Labute approximate surface area is 118 Å². The summed E-state index contributed by atoms with van der Waals surface area (Å²) in [5.41, 5.74) is -0.934. The first-order chi connectivity index (χ1) is 9.41. The van der Waals surface area contributed by atoms with Gasteiger partial charge in [0.2, 0.25) is 5.95 Å². The molecule has 0 unspecified atom stereocenters. The Balaban J connectivity index is 2.38. The molecule has 2 aromatic rings. The second-order valence-corrected chi connectivity index (χ2v) is 4.44. The molecule has 106 valence electrons. The Morgan fingerprint density at radius 1 is 1.40 bits per heavy atom. The van der Waals surface area contributed by atoms with Crippen molar-refractivity contribution in [3.63, 3.8) is 0 Å². The van der Waals surface area contributed by atoms with Crippen molar-refractivity contribution in [3.05, 3.63) is 53.8 Å². The fraction of sp³-hybridized carbons (Fsp3) is 0.154. The zero-order valence-corrected chi connectivity index (χ0v) is 11.0. The normalized spacial score (nSPS) is 11.4.